The Kier molecular flexibility index (Phi) is 39.5. The first-order valence-electron chi connectivity index (χ1n) is 22.0. The van der Waals surface area contributed by atoms with Gasteiger partial charge in [-0.1, -0.05) is 213 Å². The minimum absolute atomic E-state index is 0.0270. The van der Waals surface area contributed by atoms with Crippen molar-refractivity contribution in [2.24, 2.45) is 0 Å². The molecule has 48 heavy (non-hydrogen) atoms. The van der Waals surface area contributed by atoms with Crippen molar-refractivity contribution in [3.8, 4) is 0 Å². The monoisotopic (exact) mass is 679 g/mol. The fourth-order valence-corrected chi connectivity index (χ4v) is 7.07. The minimum Gasteiger partial charge on any atom is -0.481 e. The van der Waals surface area contributed by atoms with Crippen LogP contribution in [-0.4, -0.2) is 23.1 Å². The molecular weight excluding hydrogens is 592 g/mol. The van der Waals surface area contributed by atoms with Gasteiger partial charge in [-0.25, -0.2) is 0 Å². The van der Waals surface area contributed by atoms with Gasteiger partial charge in [-0.15, -0.1) is 0 Å². The van der Waals surface area contributed by atoms with E-state index in [1.54, 1.807) is 0 Å². The second-order valence-electron chi connectivity index (χ2n) is 15.3. The summed E-state index contributed by atoms with van der Waals surface area (Å²) in [7, 11) is 0. The molecule has 4 heteroatoms. The summed E-state index contributed by atoms with van der Waals surface area (Å²) < 4.78 is 6.03. The molecule has 0 radical (unpaired) electrons. The normalized spacial score (nSPS) is 12.0. The lowest BCUT2D eigenvalue weighted by molar-refractivity contribution is -0.150. The van der Waals surface area contributed by atoms with Gasteiger partial charge >= 0.3 is 11.9 Å². The summed E-state index contributed by atoms with van der Waals surface area (Å²) in [5.41, 5.74) is 0. The SMILES string of the molecule is CCCCCCCCCCCCCCCCCCCCCCCC(=O)OC(CCCCCCCCC)CCCCCCCCCC(=O)O. The molecule has 0 aromatic carbocycles. The van der Waals surface area contributed by atoms with Crippen molar-refractivity contribution in [2.45, 2.75) is 270 Å². The van der Waals surface area contributed by atoms with Crippen LogP contribution < -0.4 is 0 Å². The summed E-state index contributed by atoms with van der Waals surface area (Å²) >= 11 is 0. The third kappa shape index (κ3) is 39.4. The fraction of sp³-hybridized carbons (Fsp3) is 0.955. The number of hydrogen-bond donors (Lipinski definition) is 1. The van der Waals surface area contributed by atoms with E-state index in [0.29, 0.717) is 12.8 Å². The van der Waals surface area contributed by atoms with Gasteiger partial charge < -0.3 is 9.84 Å². The molecule has 0 aromatic rings. The first-order valence-corrected chi connectivity index (χ1v) is 22.0. The number of rotatable bonds is 41. The first-order chi connectivity index (χ1) is 23.6. The Balaban J connectivity index is 3.78. The predicted octanol–water partition coefficient (Wildman–Crippen LogP) is 15.2. The van der Waals surface area contributed by atoms with Crippen LogP contribution in [0.25, 0.3) is 0 Å². The highest BCUT2D eigenvalue weighted by Gasteiger charge is 2.14. The minimum atomic E-state index is -0.683. The van der Waals surface area contributed by atoms with E-state index in [-0.39, 0.29) is 12.1 Å². The maximum Gasteiger partial charge on any atom is 0.306 e. The lowest BCUT2D eigenvalue weighted by Gasteiger charge is -2.18. The van der Waals surface area contributed by atoms with E-state index in [1.165, 1.54) is 186 Å². The smallest absolute Gasteiger partial charge is 0.306 e. The van der Waals surface area contributed by atoms with E-state index in [4.69, 9.17) is 9.84 Å². The zero-order valence-corrected chi connectivity index (χ0v) is 32.8. The van der Waals surface area contributed by atoms with Gasteiger partial charge in [0.2, 0.25) is 0 Å². The number of aliphatic carboxylic acids is 1. The molecule has 0 amide bonds. The molecule has 0 heterocycles. The molecule has 1 atom stereocenters. The first kappa shape index (κ1) is 46.9. The molecule has 0 aliphatic heterocycles. The van der Waals surface area contributed by atoms with Gasteiger partial charge in [-0.2, -0.15) is 0 Å². The summed E-state index contributed by atoms with van der Waals surface area (Å²) in [5, 5.41) is 8.76. The second-order valence-corrected chi connectivity index (χ2v) is 15.3. The zero-order valence-electron chi connectivity index (χ0n) is 32.8. The van der Waals surface area contributed by atoms with Gasteiger partial charge in [0.1, 0.15) is 6.10 Å². The summed E-state index contributed by atoms with van der Waals surface area (Å²) in [6.45, 7) is 4.56. The zero-order chi connectivity index (χ0) is 35.0. The van der Waals surface area contributed by atoms with Gasteiger partial charge in [0, 0.05) is 12.8 Å². The van der Waals surface area contributed by atoms with E-state index >= 15 is 0 Å². The molecule has 0 saturated heterocycles. The Morgan fingerprint density at radius 3 is 0.917 bits per heavy atom. The van der Waals surface area contributed by atoms with Gasteiger partial charge in [0.25, 0.3) is 0 Å². The van der Waals surface area contributed by atoms with E-state index in [0.717, 1.165) is 51.4 Å². The quantitative estimate of drug-likeness (QED) is 0.0516. The molecule has 0 aliphatic rings. The molecule has 1 unspecified atom stereocenters. The third-order valence-corrected chi connectivity index (χ3v) is 10.3. The van der Waals surface area contributed by atoms with Crippen molar-refractivity contribution in [1.82, 2.24) is 0 Å². The highest BCUT2D eigenvalue weighted by atomic mass is 16.5. The standard InChI is InChI=1S/C44H86O4/c1-3-5-7-9-11-12-13-14-15-16-17-18-19-20-21-22-23-24-29-33-37-41-44(47)48-42(38-34-30-26-10-8-6-4-2)39-35-31-27-25-28-32-36-40-43(45)46/h42H,3-41H2,1-2H3,(H,45,46). The highest BCUT2D eigenvalue weighted by molar-refractivity contribution is 5.69. The Labute approximate surface area is 301 Å². The number of hydrogen-bond acceptors (Lipinski definition) is 3. The average molecular weight is 679 g/mol. The van der Waals surface area contributed by atoms with E-state index in [9.17, 15) is 9.59 Å². The number of esters is 1. The number of carbonyl (C=O) groups is 2. The van der Waals surface area contributed by atoms with Crippen LogP contribution in [0.3, 0.4) is 0 Å². The number of ether oxygens (including phenoxy) is 1. The number of carbonyl (C=O) groups excluding carboxylic acids is 1. The van der Waals surface area contributed by atoms with Gasteiger partial charge in [-0.05, 0) is 38.5 Å². The van der Waals surface area contributed by atoms with Crippen molar-refractivity contribution < 1.29 is 19.4 Å². The molecule has 286 valence electrons. The van der Waals surface area contributed by atoms with Crippen molar-refractivity contribution in [1.29, 1.82) is 0 Å². The summed E-state index contributed by atoms with van der Waals surface area (Å²) in [4.78, 5) is 23.3. The summed E-state index contributed by atoms with van der Waals surface area (Å²) in [6, 6.07) is 0. The van der Waals surface area contributed by atoms with Crippen LogP contribution in [0.15, 0.2) is 0 Å². The van der Waals surface area contributed by atoms with Crippen LogP contribution >= 0.6 is 0 Å². The van der Waals surface area contributed by atoms with Gasteiger partial charge in [0.05, 0.1) is 0 Å². The van der Waals surface area contributed by atoms with Crippen LogP contribution in [-0.2, 0) is 14.3 Å². The average Bonchev–Trinajstić information content (AvgIpc) is 3.07. The Hall–Kier alpha value is -1.06. The largest absolute Gasteiger partial charge is 0.481 e. The number of carboxylic acids is 1. The summed E-state index contributed by atoms with van der Waals surface area (Å²) in [5.74, 6) is -0.656. The highest BCUT2D eigenvalue weighted by Crippen LogP contribution is 2.19. The molecule has 0 fully saturated rings. The molecular formula is C44H86O4. The van der Waals surface area contributed by atoms with Crippen molar-refractivity contribution in [3.63, 3.8) is 0 Å². The maximum atomic E-state index is 12.7. The van der Waals surface area contributed by atoms with Gasteiger partial charge in [-0.3, -0.25) is 9.59 Å². The molecule has 0 rings (SSSR count). The van der Waals surface area contributed by atoms with Crippen molar-refractivity contribution in [3.05, 3.63) is 0 Å². The van der Waals surface area contributed by atoms with Crippen molar-refractivity contribution >= 4 is 11.9 Å². The van der Waals surface area contributed by atoms with Crippen LogP contribution in [0.1, 0.15) is 264 Å². The number of unbranched alkanes of at least 4 members (excludes halogenated alkanes) is 32. The molecule has 0 aromatic heterocycles. The fourth-order valence-electron chi connectivity index (χ4n) is 7.07. The molecule has 1 N–H and O–H groups in total. The molecule has 0 aliphatic carbocycles. The topological polar surface area (TPSA) is 63.6 Å². The molecule has 0 spiro atoms. The van der Waals surface area contributed by atoms with E-state index in [2.05, 4.69) is 13.8 Å². The molecule has 4 nitrogen and oxygen atoms in total. The predicted molar refractivity (Wildman–Crippen MR) is 209 cm³/mol. The Morgan fingerprint density at radius 1 is 0.375 bits per heavy atom. The molecule has 0 saturated carbocycles. The second kappa shape index (κ2) is 40.4. The number of carboxylic acid groups (broad SMARTS) is 1. The third-order valence-electron chi connectivity index (χ3n) is 10.3. The van der Waals surface area contributed by atoms with E-state index < -0.39 is 5.97 Å². The summed E-state index contributed by atoms with van der Waals surface area (Å²) in [6.07, 6.45) is 48.7. The Bertz CT molecular complexity index is 648. The van der Waals surface area contributed by atoms with Gasteiger partial charge in [0.15, 0.2) is 0 Å². The Morgan fingerprint density at radius 2 is 0.625 bits per heavy atom. The maximum absolute atomic E-state index is 12.7. The van der Waals surface area contributed by atoms with Crippen LogP contribution in [0, 0.1) is 0 Å². The lowest BCUT2D eigenvalue weighted by atomic mass is 10.0. The van der Waals surface area contributed by atoms with Crippen LogP contribution in [0.4, 0.5) is 0 Å². The van der Waals surface area contributed by atoms with Crippen LogP contribution in [0.5, 0.6) is 0 Å². The van der Waals surface area contributed by atoms with Crippen LogP contribution in [0.2, 0.25) is 0 Å². The lowest BCUT2D eigenvalue weighted by Crippen LogP contribution is -2.18. The molecule has 0 bridgehead atoms. The van der Waals surface area contributed by atoms with E-state index in [1.807, 2.05) is 0 Å². The van der Waals surface area contributed by atoms with Crippen molar-refractivity contribution in [2.75, 3.05) is 0 Å².